The van der Waals surface area contributed by atoms with Gasteiger partial charge in [-0.05, 0) is 13.3 Å². The summed E-state index contributed by atoms with van der Waals surface area (Å²) >= 11 is 0. The number of rotatable bonds is 5. The molecule has 4 heteroatoms. The molecule has 0 radical (unpaired) electrons. The summed E-state index contributed by atoms with van der Waals surface area (Å²) in [4.78, 5) is 0. The Bertz CT molecular complexity index is 327. The van der Waals surface area contributed by atoms with Crippen LogP contribution in [0, 0.1) is 11.5 Å². The lowest BCUT2D eigenvalue weighted by Gasteiger charge is -2.52. The molecule has 2 heterocycles. The maximum atomic E-state index is 10.6. The molecule has 0 aliphatic carbocycles. The molecular weight excluding hydrogens is 214 g/mol. The molecule has 17 heavy (non-hydrogen) atoms. The smallest absolute Gasteiger partial charge is 0.309 e. The molecule has 0 aromatic rings. The Labute approximate surface area is 104 Å². The minimum Gasteiger partial charge on any atom is -0.377 e. The van der Waals surface area contributed by atoms with Crippen LogP contribution in [0.4, 0.5) is 0 Å². The Balaban J connectivity index is 1.88. The van der Waals surface area contributed by atoms with Gasteiger partial charge < -0.3 is 10.4 Å². The van der Waals surface area contributed by atoms with Gasteiger partial charge in [0.1, 0.15) is 12.6 Å². The number of nitriles is 1. The standard InChI is InChI=1S/C13H24N3O/c1-3-5-11(2)15-8-13(17)9-16(10-14)7-4-6-12(13)16/h11-12,15,17H,3-9H2,1-2H3/q+1. The van der Waals surface area contributed by atoms with Crippen molar-refractivity contribution in [2.45, 2.75) is 57.2 Å². The van der Waals surface area contributed by atoms with Crippen LogP contribution >= 0.6 is 0 Å². The second-order valence-corrected chi connectivity index (χ2v) is 5.85. The van der Waals surface area contributed by atoms with Crippen molar-refractivity contribution < 1.29 is 9.59 Å². The van der Waals surface area contributed by atoms with Gasteiger partial charge in [-0.15, -0.1) is 5.26 Å². The zero-order chi connectivity index (χ0) is 12.5. The van der Waals surface area contributed by atoms with E-state index in [1.54, 1.807) is 0 Å². The van der Waals surface area contributed by atoms with Crippen molar-refractivity contribution >= 4 is 0 Å². The second-order valence-electron chi connectivity index (χ2n) is 5.85. The molecule has 4 atom stereocenters. The quantitative estimate of drug-likeness (QED) is 0.554. The summed E-state index contributed by atoms with van der Waals surface area (Å²) in [6.45, 7) is 6.51. The molecule has 2 aliphatic rings. The number of aliphatic hydroxyl groups is 1. The zero-order valence-electron chi connectivity index (χ0n) is 10.9. The second kappa shape index (κ2) is 4.56. The van der Waals surface area contributed by atoms with Crippen LogP contribution in [-0.2, 0) is 0 Å². The summed E-state index contributed by atoms with van der Waals surface area (Å²) in [6.07, 6.45) is 6.76. The minimum absolute atomic E-state index is 0.147. The molecular formula is C13H24N3O+. The van der Waals surface area contributed by atoms with E-state index < -0.39 is 5.60 Å². The third-order valence-corrected chi connectivity index (χ3v) is 4.49. The van der Waals surface area contributed by atoms with Gasteiger partial charge in [-0.2, -0.15) is 0 Å². The fourth-order valence-corrected chi connectivity index (χ4v) is 3.58. The third kappa shape index (κ3) is 2.08. The van der Waals surface area contributed by atoms with Gasteiger partial charge in [0.05, 0.1) is 6.54 Å². The van der Waals surface area contributed by atoms with Gasteiger partial charge in [0, 0.05) is 25.4 Å². The molecule has 0 aromatic heterocycles. The number of fused-ring (bicyclic) bond motifs is 1. The van der Waals surface area contributed by atoms with Gasteiger partial charge in [0.25, 0.3) is 0 Å². The topological polar surface area (TPSA) is 56.0 Å². The SMILES string of the molecule is CCCC(C)NCC1(O)C[N+]2(C#N)CCCC12. The van der Waals surface area contributed by atoms with Crippen LogP contribution in [0.2, 0.25) is 0 Å². The van der Waals surface area contributed by atoms with Crippen molar-refractivity contribution in [3.05, 3.63) is 0 Å². The minimum atomic E-state index is -0.645. The highest BCUT2D eigenvalue weighted by atomic mass is 16.3. The number of quaternary nitrogens is 1. The Morgan fingerprint density at radius 1 is 1.65 bits per heavy atom. The van der Waals surface area contributed by atoms with Crippen LogP contribution in [0.25, 0.3) is 0 Å². The van der Waals surface area contributed by atoms with Gasteiger partial charge in [0.15, 0.2) is 5.60 Å². The molecule has 0 bridgehead atoms. The van der Waals surface area contributed by atoms with E-state index in [1.165, 1.54) is 0 Å². The van der Waals surface area contributed by atoms with Crippen molar-refractivity contribution in [3.63, 3.8) is 0 Å². The van der Waals surface area contributed by atoms with Crippen molar-refractivity contribution in [2.24, 2.45) is 0 Å². The van der Waals surface area contributed by atoms with Crippen LogP contribution in [-0.4, -0.2) is 46.9 Å². The molecule has 96 valence electrons. The Morgan fingerprint density at radius 2 is 2.41 bits per heavy atom. The summed E-state index contributed by atoms with van der Waals surface area (Å²) < 4.78 is 0.486. The average Bonchev–Trinajstić information content (AvgIpc) is 2.65. The summed E-state index contributed by atoms with van der Waals surface area (Å²) in [7, 11) is 0. The highest BCUT2D eigenvalue weighted by Crippen LogP contribution is 2.44. The van der Waals surface area contributed by atoms with Crippen molar-refractivity contribution in [3.8, 4) is 6.19 Å². The first kappa shape index (κ1) is 12.8. The first-order chi connectivity index (χ1) is 8.06. The van der Waals surface area contributed by atoms with Gasteiger partial charge >= 0.3 is 6.19 Å². The first-order valence-corrected chi connectivity index (χ1v) is 6.80. The number of nitrogens with zero attached hydrogens (tertiary/aromatic N) is 2. The number of hydrogen-bond acceptors (Lipinski definition) is 3. The largest absolute Gasteiger partial charge is 0.377 e. The molecule has 0 amide bonds. The average molecular weight is 238 g/mol. The van der Waals surface area contributed by atoms with Crippen LogP contribution < -0.4 is 5.32 Å². The summed E-state index contributed by atoms with van der Waals surface area (Å²) in [5, 5.41) is 23.2. The zero-order valence-corrected chi connectivity index (χ0v) is 10.9. The molecule has 2 N–H and O–H groups in total. The van der Waals surface area contributed by atoms with Gasteiger partial charge in [-0.3, -0.25) is 0 Å². The molecule has 2 aliphatic heterocycles. The monoisotopic (exact) mass is 238 g/mol. The van der Waals surface area contributed by atoms with E-state index >= 15 is 0 Å². The lowest BCUT2D eigenvalue weighted by atomic mass is 9.81. The van der Waals surface area contributed by atoms with Crippen molar-refractivity contribution in [1.82, 2.24) is 5.32 Å². The van der Waals surface area contributed by atoms with Crippen molar-refractivity contribution in [2.75, 3.05) is 19.6 Å². The summed E-state index contributed by atoms with van der Waals surface area (Å²) in [6, 6.07) is 0.601. The van der Waals surface area contributed by atoms with Crippen LogP contribution in [0.15, 0.2) is 0 Å². The fraction of sp³-hybridized carbons (Fsp3) is 0.923. The van der Waals surface area contributed by atoms with Gasteiger partial charge in [-0.25, -0.2) is 4.48 Å². The van der Waals surface area contributed by atoms with Crippen LogP contribution in [0.3, 0.4) is 0 Å². The third-order valence-electron chi connectivity index (χ3n) is 4.49. The van der Waals surface area contributed by atoms with E-state index in [0.29, 0.717) is 23.6 Å². The molecule has 2 rings (SSSR count). The lowest BCUT2D eigenvalue weighted by Crippen LogP contribution is -2.78. The first-order valence-electron chi connectivity index (χ1n) is 6.80. The molecule has 2 fully saturated rings. The van der Waals surface area contributed by atoms with Crippen molar-refractivity contribution in [1.29, 1.82) is 5.26 Å². The Kier molecular flexibility index (Phi) is 3.44. The van der Waals surface area contributed by atoms with E-state index in [1.807, 2.05) is 0 Å². The molecule has 4 unspecified atom stereocenters. The Hall–Kier alpha value is -0.630. The van der Waals surface area contributed by atoms with Crippen LogP contribution in [0.1, 0.15) is 39.5 Å². The Morgan fingerprint density at radius 3 is 3.06 bits per heavy atom. The molecule has 2 saturated heterocycles. The van der Waals surface area contributed by atoms with E-state index in [4.69, 9.17) is 0 Å². The summed E-state index contributed by atoms with van der Waals surface area (Å²) in [5.74, 6) is 0. The highest BCUT2D eigenvalue weighted by Gasteiger charge is 2.67. The van der Waals surface area contributed by atoms with E-state index in [9.17, 15) is 10.4 Å². The fourth-order valence-electron chi connectivity index (χ4n) is 3.58. The predicted octanol–water partition coefficient (Wildman–Crippen LogP) is 0.970. The van der Waals surface area contributed by atoms with Gasteiger partial charge in [-0.1, -0.05) is 13.3 Å². The highest BCUT2D eigenvalue weighted by molar-refractivity contribution is 5.04. The summed E-state index contributed by atoms with van der Waals surface area (Å²) in [5.41, 5.74) is -0.645. The maximum Gasteiger partial charge on any atom is 0.309 e. The van der Waals surface area contributed by atoms with Crippen LogP contribution in [0.5, 0.6) is 0 Å². The normalized spacial score (nSPS) is 41.4. The number of nitrogens with one attached hydrogen (secondary N) is 1. The van der Waals surface area contributed by atoms with E-state index in [-0.39, 0.29) is 6.04 Å². The van der Waals surface area contributed by atoms with E-state index in [0.717, 1.165) is 32.2 Å². The lowest BCUT2D eigenvalue weighted by molar-refractivity contribution is -0.941. The maximum absolute atomic E-state index is 10.6. The number of hydrogen-bond donors (Lipinski definition) is 2. The molecule has 0 saturated carbocycles. The molecule has 0 aromatic carbocycles. The van der Waals surface area contributed by atoms with Gasteiger partial charge in [0.2, 0.25) is 0 Å². The molecule has 4 nitrogen and oxygen atoms in total. The predicted molar refractivity (Wildman–Crippen MR) is 66.0 cm³/mol. The van der Waals surface area contributed by atoms with E-state index in [2.05, 4.69) is 25.4 Å². The molecule has 0 spiro atoms.